The lowest BCUT2D eigenvalue weighted by Gasteiger charge is -2.42. The fraction of sp³-hybridized carbons (Fsp3) is 0.588. The number of aliphatic carboxylic acids is 1. The Morgan fingerprint density at radius 2 is 1.96 bits per heavy atom. The summed E-state index contributed by atoms with van der Waals surface area (Å²) in [4.78, 5) is 53.6. The Morgan fingerprint density at radius 1 is 1.29 bits per heavy atom. The Hall–Kier alpha value is -2.95. The number of carbonyl (C=O) groups is 2. The van der Waals surface area contributed by atoms with Crippen molar-refractivity contribution in [2.45, 2.75) is 38.4 Å². The average molecular weight is 392 g/mol. The van der Waals surface area contributed by atoms with Gasteiger partial charge in [0.05, 0.1) is 12.9 Å². The van der Waals surface area contributed by atoms with Crippen LogP contribution in [0.4, 0.5) is 0 Å². The van der Waals surface area contributed by atoms with Gasteiger partial charge in [-0.2, -0.15) is 0 Å². The van der Waals surface area contributed by atoms with E-state index in [4.69, 9.17) is 5.11 Å². The highest BCUT2D eigenvalue weighted by atomic mass is 16.4. The summed E-state index contributed by atoms with van der Waals surface area (Å²) in [5.41, 5.74) is -0.546. The molecule has 11 nitrogen and oxygen atoms in total. The van der Waals surface area contributed by atoms with Crippen molar-refractivity contribution in [1.82, 2.24) is 28.9 Å². The molecule has 3 rings (SSSR count). The van der Waals surface area contributed by atoms with Crippen molar-refractivity contribution in [1.29, 1.82) is 0 Å². The van der Waals surface area contributed by atoms with Gasteiger partial charge in [-0.05, 0) is 19.4 Å². The number of likely N-dealkylation sites (N-methyl/N-ethyl adjacent to an activating group) is 1. The molecule has 1 aliphatic rings. The van der Waals surface area contributed by atoms with Gasteiger partial charge < -0.3 is 15.0 Å². The molecule has 1 saturated carbocycles. The minimum atomic E-state index is -0.864. The maximum Gasteiger partial charge on any atom is 0.332 e. The molecule has 0 spiro atoms. The third-order valence-corrected chi connectivity index (χ3v) is 5.27. The zero-order valence-corrected chi connectivity index (χ0v) is 16.1. The molecule has 0 aromatic carbocycles. The number of carboxylic acid groups (broad SMARTS) is 1. The van der Waals surface area contributed by atoms with Crippen LogP contribution in [0.15, 0.2) is 15.9 Å². The van der Waals surface area contributed by atoms with E-state index in [0.29, 0.717) is 19.4 Å². The lowest BCUT2D eigenvalue weighted by Crippen LogP contribution is -2.55. The number of rotatable bonds is 7. The fourth-order valence-corrected chi connectivity index (χ4v) is 3.62. The number of amides is 1. The van der Waals surface area contributed by atoms with Crippen molar-refractivity contribution in [2.75, 3.05) is 13.1 Å². The molecule has 28 heavy (non-hydrogen) atoms. The number of hydrogen-bond acceptors (Lipinski definition) is 6. The first-order valence-electron chi connectivity index (χ1n) is 9.09. The van der Waals surface area contributed by atoms with Gasteiger partial charge in [0, 0.05) is 26.2 Å². The SMILES string of the molecule is CCN(CC(=O)O)C1CC(NC(=O)Cn2cnc3c2c(=O)n(C)c(=O)n3C)C1. The summed E-state index contributed by atoms with van der Waals surface area (Å²) in [6, 6.07) is 0.115. The number of carbonyl (C=O) groups excluding carboxylic acids is 1. The van der Waals surface area contributed by atoms with E-state index in [1.54, 1.807) is 0 Å². The van der Waals surface area contributed by atoms with Gasteiger partial charge in [0.2, 0.25) is 5.91 Å². The Morgan fingerprint density at radius 3 is 2.57 bits per heavy atom. The van der Waals surface area contributed by atoms with Crippen molar-refractivity contribution in [3.63, 3.8) is 0 Å². The smallest absolute Gasteiger partial charge is 0.332 e. The van der Waals surface area contributed by atoms with Crippen LogP contribution in [0, 0.1) is 0 Å². The first kappa shape index (κ1) is 19.8. The summed E-state index contributed by atoms with van der Waals surface area (Å²) in [7, 11) is 2.90. The highest BCUT2D eigenvalue weighted by Gasteiger charge is 2.34. The monoisotopic (exact) mass is 392 g/mol. The maximum atomic E-state index is 12.4. The van der Waals surface area contributed by atoms with E-state index < -0.39 is 17.2 Å². The first-order valence-corrected chi connectivity index (χ1v) is 9.09. The molecule has 0 saturated heterocycles. The average Bonchev–Trinajstić information content (AvgIpc) is 3.02. The zero-order valence-electron chi connectivity index (χ0n) is 16.1. The van der Waals surface area contributed by atoms with Crippen LogP contribution >= 0.6 is 0 Å². The minimum absolute atomic E-state index is 0.00905. The number of imidazole rings is 1. The lowest BCUT2D eigenvalue weighted by molar-refractivity contribution is -0.139. The van der Waals surface area contributed by atoms with Crippen LogP contribution in [0.5, 0.6) is 0 Å². The molecule has 1 amide bonds. The molecule has 1 aliphatic carbocycles. The molecule has 2 aromatic rings. The van der Waals surface area contributed by atoms with Gasteiger partial charge in [-0.15, -0.1) is 0 Å². The lowest BCUT2D eigenvalue weighted by atomic mass is 9.85. The molecule has 2 aromatic heterocycles. The molecular weight excluding hydrogens is 368 g/mol. The standard InChI is InChI=1S/C17H24N6O5/c1-4-22(8-13(25)26)11-5-10(6-11)19-12(24)7-23-9-18-15-14(23)16(27)21(3)17(28)20(15)2/h9-11H,4-8H2,1-3H3,(H,19,24)(H,25,26). The van der Waals surface area contributed by atoms with Gasteiger partial charge in [0.15, 0.2) is 11.2 Å². The largest absolute Gasteiger partial charge is 0.480 e. The van der Waals surface area contributed by atoms with Crippen LogP contribution in [0.1, 0.15) is 19.8 Å². The number of aromatic nitrogens is 4. The maximum absolute atomic E-state index is 12.4. The second-order valence-electron chi connectivity index (χ2n) is 7.10. The molecule has 0 bridgehead atoms. The van der Waals surface area contributed by atoms with E-state index in [2.05, 4.69) is 10.3 Å². The summed E-state index contributed by atoms with van der Waals surface area (Å²) in [5, 5.41) is 11.8. The molecule has 0 aliphatic heterocycles. The fourth-order valence-electron chi connectivity index (χ4n) is 3.62. The van der Waals surface area contributed by atoms with E-state index in [1.165, 1.54) is 29.6 Å². The number of hydrogen-bond donors (Lipinski definition) is 2. The second-order valence-corrected chi connectivity index (χ2v) is 7.10. The highest BCUT2D eigenvalue weighted by molar-refractivity contribution is 5.79. The van der Waals surface area contributed by atoms with E-state index in [1.807, 2.05) is 11.8 Å². The number of fused-ring (bicyclic) bond motifs is 1. The van der Waals surface area contributed by atoms with E-state index in [9.17, 15) is 19.2 Å². The molecule has 0 radical (unpaired) electrons. The van der Waals surface area contributed by atoms with Gasteiger partial charge in [-0.1, -0.05) is 6.92 Å². The number of aryl methyl sites for hydroxylation is 1. The van der Waals surface area contributed by atoms with Gasteiger partial charge in [0.1, 0.15) is 6.54 Å². The first-order chi connectivity index (χ1) is 13.2. The van der Waals surface area contributed by atoms with Crippen LogP contribution in [0.25, 0.3) is 11.2 Å². The van der Waals surface area contributed by atoms with Gasteiger partial charge >= 0.3 is 11.7 Å². The predicted octanol–water partition coefficient (Wildman–Crippen LogP) is -1.51. The molecular formula is C17H24N6O5. The molecule has 0 unspecified atom stereocenters. The normalized spacial score (nSPS) is 19.0. The Bertz CT molecular complexity index is 1030. The number of nitrogens with zero attached hydrogens (tertiary/aromatic N) is 5. The third-order valence-electron chi connectivity index (χ3n) is 5.27. The Labute approximate surface area is 160 Å². The molecule has 11 heteroatoms. The summed E-state index contributed by atoms with van der Waals surface area (Å²) in [6.45, 7) is 2.45. The van der Waals surface area contributed by atoms with Crippen molar-refractivity contribution >= 4 is 23.0 Å². The number of nitrogens with one attached hydrogen (secondary N) is 1. The summed E-state index contributed by atoms with van der Waals surface area (Å²) < 4.78 is 3.69. The van der Waals surface area contributed by atoms with Crippen LogP contribution in [0.3, 0.4) is 0 Å². The van der Waals surface area contributed by atoms with Crippen molar-refractivity contribution in [3.05, 3.63) is 27.2 Å². The van der Waals surface area contributed by atoms with E-state index in [-0.39, 0.29) is 42.2 Å². The van der Waals surface area contributed by atoms with Gasteiger partial charge in [-0.25, -0.2) is 9.78 Å². The quantitative estimate of drug-likeness (QED) is 0.585. The van der Waals surface area contributed by atoms with Crippen LogP contribution in [0.2, 0.25) is 0 Å². The molecule has 1 fully saturated rings. The predicted molar refractivity (Wildman–Crippen MR) is 100 cm³/mol. The summed E-state index contributed by atoms with van der Waals surface area (Å²) in [6.07, 6.45) is 2.75. The van der Waals surface area contributed by atoms with Crippen molar-refractivity contribution < 1.29 is 14.7 Å². The van der Waals surface area contributed by atoms with Crippen LogP contribution in [-0.4, -0.2) is 65.7 Å². The van der Waals surface area contributed by atoms with Crippen molar-refractivity contribution in [3.8, 4) is 0 Å². The van der Waals surface area contributed by atoms with E-state index >= 15 is 0 Å². The molecule has 152 valence electrons. The van der Waals surface area contributed by atoms with Crippen LogP contribution < -0.4 is 16.6 Å². The summed E-state index contributed by atoms with van der Waals surface area (Å²) in [5.74, 6) is -1.13. The molecule has 2 N–H and O–H groups in total. The van der Waals surface area contributed by atoms with Gasteiger partial charge in [-0.3, -0.25) is 28.4 Å². The van der Waals surface area contributed by atoms with Gasteiger partial charge in [0.25, 0.3) is 5.56 Å². The third kappa shape index (κ3) is 3.57. The zero-order chi connectivity index (χ0) is 20.6. The molecule has 0 atom stereocenters. The van der Waals surface area contributed by atoms with E-state index in [0.717, 1.165) is 4.57 Å². The topological polar surface area (TPSA) is 131 Å². The molecule has 2 heterocycles. The highest BCUT2D eigenvalue weighted by Crippen LogP contribution is 2.25. The van der Waals surface area contributed by atoms with Crippen LogP contribution in [-0.2, 0) is 30.2 Å². The Kier molecular flexibility index (Phi) is 5.36. The minimum Gasteiger partial charge on any atom is -0.480 e. The summed E-state index contributed by atoms with van der Waals surface area (Å²) >= 11 is 0. The second kappa shape index (κ2) is 7.58. The van der Waals surface area contributed by atoms with Crippen molar-refractivity contribution in [2.24, 2.45) is 14.1 Å². The Balaban J connectivity index is 1.65. The number of carboxylic acids is 1.